The van der Waals surface area contributed by atoms with E-state index < -0.39 is 0 Å². The molecule has 0 N–H and O–H groups in total. The fraction of sp³-hybridized carbons (Fsp3) is 0. The summed E-state index contributed by atoms with van der Waals surface area (Å²) in [5, 5.41) is 9.55. The summed E-state index contributed by atoms with van der Waals surface area (Å²) in [6.45, 7) is 0. The first-order valence-corrected chi connectivity index (χ1v) is 13.2. The molecule has 4 nitrogen and oxygen atoms in total. The largest absolute Gasteiger partial charge is 0.306 e. The van der Waals surface area contributed by atoms with Crippen molar-refractivity contribution < 1.29 is 0 Å². The van der Waals surface area contributed by atoms with E-state index in [0.717, 1.165) is 50.8 Å². The fourth-order valence-corrected chi connectivity index (χ4v) is 5.50. The van der Waals surface area contributed by atoms with Crippen LogP contribution in [0, 0.1) is 11.3 Å². The van der Waals surface area contributed by atoms with Crippen molar-refractivity contribution >= 4 is 34.1 Å². The van der Waals surface area contributed by atoms with Crippen molar-refractivity contribution in [2.75, 3.05) is 9.80 Å². The van der Waals surface area contributed by atoms with Gasteiger partial charge in [-0.15, -0.1) is 0 Å². The Bertz CT molecular complexity index is 1820. The Morgan fingerprint density at radius 1 is 0.475 bits per heavy atom. The van der Waals surface area contributed by atoms with Crippen LogP contribution in [0.2, 0.25) is 0 Å². The van der Waals surface area contributed by atoms with Crippen LogP contribution >= 0.6 is 0 Å². The number of hydrogen-bond acceptors (Lipinski definition) is 4. The lowest BCUT2D eigenvalue weighted by Crippen LogP contribution is -2.24. The van der Waals surface area contributed by atoms with Crippen LogP contribution in [0.15, 0.2) is 146 Å². The van der Waals surface area contributed by atoms with E-state index in [-0.39, 0.29) is 0 Å². The van der Waals surface area contributed by atoms with Crippen molar-refractivity contribution in [1.82, 2.24) is 4.98 Å². The molecule has 0 unspecified atom stereocenters. The molecule has 0 atom stereocenters. The molecule has 40 heavy (non-hydrogen) atoms. The number of rotatable bonds is 4. The number of anilines is 6. The van der Waals surface area contributed by atoms with Gasteiger partial charge < -0.3 is 9.80 Å². The highest BCUT2D eigenvalue weighted by atomic mass is 15.3. The van der Waals surface area contributed by atoms with Crippen LogP contribution in [0.5, 0.6) is 0 Å². The molecule has 0 aliphatic carbocycles. The van der Waals surface area contributed by atoms with Gasteiger partial charge in [-0.1, -0.05) is 84.9 Å². The van der Waals surface area contributed by atoms with Gasteiger partial charge in [-0.3, -0.25) is 4.98 Å². The van der Waals surface area contributed by atoms with Crippen molar-refractivity contribution in [2.45, 2.75) is 0 Å². The molecule has 1 aliphatic rings. The summed E-state index contributed by atoms with van der Waals surface area (Å²) in [7, 11) is 0. The van der Waals surface area contributed by atoms with Gasteiger partial charge in [0, 0.05) is 23.0 Å². The SMILES string of the molecule is N#Cc1cccnc1-c1ccc(-c2ccccc2N2c3ccccc3N(c3ccccc3)c3ccccc32)cc1. The predicted octanol–water partition coefficient (Wildman–Crippen LogP) is 9.54. The molecule has 1 aromatic heterocycles. The molecule has 4 heteroatoms. The second-order valence-corrected chi connectivity index (χ2v) is 9.59. The van der Waals surface area contributed by atoms with E-state index >= 15 is 0 Å². The number of pyridine rings is 1. The van der Waals surface area contributed by atoms with E-state index in [1.807, 2.05) is 18.2 Å². The van der Waals surface area contributed by atoms with Crippen LogP contribution in [0.3, 0.4) is 0 Å². The summed E-state index contributed by atoms with van der Waals surface area (Å²) >= 11 is 0. The van der Waals surface area contributed by atoms with Crippen LogP contribution in [-0.4, -0.2) is 4.98 Å². The second-order valence-electron chi connectivity index (χ2n) is 9.59. The molecule has 2 heterocycles. The average molecular weight is 513 g/mol. The monoisotopic (exact) mass is 512 g/mol. The Kier molecular flexibility index (Phi) is 5.81. The second kappa shape index (κ2) is 9.90. The van der Waals surface area contributed by atoms with Crippen molar-refractivity contribution in [3.63, 3.8) is 0 Å². The lowest BCUT2D eigenvalue weighted by Gasteiger charge is -2.40. The Morgan fingerprint density at radius 3 is 1.62 bits per heavy atom. The molecule has 7 rings (SSSR count). The molecule has 6 aromatic rings. The van der Waals surface area contributed by atoms with Crippen molar-refractivity contribution in [1.29, 1.82) is 5.26 Å². The smallest absolute Gasteiger partial charge is 0.101 e. The van der Waals surface area contributed by atoms with E-state index in [9.17, 15) is 5.26 Å². The molecule has 0 saturated carbocycles. The van der Waals surface area contributed by atoms with Crippen LogP contribution < -0.4 is 9.80 Å². The molecule has 0 amide bonds. The summed E-state index contributed by atoms with van der Waals surface area (Å²) in [6, 6.07) is 50.3. The fourth-order valence-electron chi connectivity index (χ4n) is 5.50. The maximum absolute atomic E-state index is 9.55. The minimum atomic E-state index is 0.570. The van der Waals surface area contributed by atoms with E-state index in [1.165, 1.54) is 0 Å². The van der Waals surface area contributed by atoms with E-state index in [2.05, 4.69) is 130 Å². The van der Waals surface area contributed by atoms with Gasteiger partial charge in [0.1, 0.15) is 6.07 Å². The summed E-state index contributed by atoms with van der Waals surface area (Å²) < 4.78 is 0. The van der Waals surface area contributed by atoms with E-state index in [4.69, 9.17) is 0 Å². The summed E-state index contributed by atoms with van der Waals surface area (Å²) in [6.07, 6.45) is 1.73. The quantitative estimate of drug-likeness (QED) is 0.235. The molecule has 1 aliphatic heterocycles. The topological polar surface area (TPSA) is 43.2 Å². The van der Waals surface area contributed by atoms with Gasteiger partial charge in [0.05, 0.1) is 39.7 Å². The third kappa shape index (κ3) is 3.89. The van der Waals surface area contributed by atoms with Gasteiger partial charge in [0.2, 0.25) is 0 Å². The number of hydrogen-bond donors (Lipinski definition) is 0. The first kappa shape index (κ1) is 23.5. The summed E-state index contributed by atoms with van der Waals surface area (Å²) in [5.74, 6) is 0. The summed E-state index contributed by atoms with van der Waals surface area (Å²) in [4.78, 5) is 9.15. The van der Waals surface area contributed by atoms with Gasteiger partial charge in [-0.2, -0.15) is 5.26 Å². The third-order valence-corrected chi connectivity index (χ3v) is 7.28. The molecule has 188 valence electrons. The highest BCUT2D eigenvalue weighted by Gasteiger charge is 2.31. The number of para-hydroxylation sites is 6. The lowest BCUT2D eigenvalue weighted by molar-refractivity contribution is 1.17. The standard InChI is InChI=1S/C36H24N4/c37-25-28-11-10-24-38-36(28)27-22-20-26(21-23-27)30-14-4-5-15-31(30)40-34-18-8-6-16-32(34)39(29-12-2-1-3-13-29)33-17-7-9-19-35(33)40/h1-24H. The van der Waals surface area contributed by atoms with Crippen LogP contribution in [0.1, 0.15) is 5.56 Å². The van der Waals surface area contributed by atoms with Crippen LogP contribution in [0.25, 0.3) is 22.4 Å². The Labute approximate surface area is 233 Å². The highest BCUT2D eigenvalue weighted by molar-refractivity contribution is 6.03. The van der Waals surface area contributed by atoms with E-state index in [1.54, 1.807) is 18.3 Å². The first-order chi connectivity index (χ1) is 19.8. The zero-order valence-electron chi connectivity index (χ0n) is 21.6. The molecular weight excluding hydrogens is 488 g/mol. The Morgan fingerprint density at radius 2 is 1.00 bits per heavy atom. The van der Waals surface area contributed by atoms with Gasteiger partial charge in [0.15, 0.2) is 0 Å². The van der Waals surface area contributed by atoms with Crippen molar-refractivity contribution in [3.05, 3.63) is 151 Å². The number of nitrogens with zero attached hydrogens (tertiary/aromatic N) is 4. The highest BCUT2D eigenvalue weighted by Crippen LogP contribution is 2.55. The van der Waals surface area contributed by atoms with Crippen molar-refractivity contribution in [2.24, 2.45) is 0 Å². The minimum absolute atomic E-state index is 0.570. The number of aromatic nitrogens is 1. The average Bonchev–Trinajstić information content (AvgIpc) is 3.04. The zero-order valence-corrected chi connectivity index (χ0v) is 21.6. The normalized spacial score (nSPS) is 11.9. The Hall–Kier alpha value is -5.66. The molecule has 0 fully saturated rings. The lowest BCUT2D eigenvalue weighted by atomic mass is 9.97. The van der Waals surface area contributed by atoms with E-state index in [0.29, 0.717) is 11.3 Å². The Balaban J connectivity index is 1.38. The molecular formula is C36H24N4. The minimum Gasteiger partial charge on any atom is -0.306 e. The van der Waals surface area contributed by atoms with Crippen LogP contribution in [0.4, 0.5) is 34.1 Å². The number of nitriles is 1. The van der Waals surface area contributed by atoms with Gasteiger partial charge in [-0.05, 0) is 60.2 Å². The zero-order chi connectivity index (χ0) is 26.9. The summed E-state index contributed by atoms with van der Waals surface area (Å²) in [5.41, 5.74) is 11.1. The van der Waals surface area contributed by atoms with Crippen molar-refractivity contribution in [3.8, 4) is 28.5 Å². The number of benzene rings is 5. The van der Waals surface area contributed by atoms with Gasteiger partial charge >= 0.3 is 0 Å². The maximum atomic E-state index is 9.55. The predicted molar refractivity (Wildman–Crippen MR) is 163 cm³/mol. The maximum Gasteiger partial charge on any atom is 0.101 e. The first-order valence-electron chi connectivity index (χ1n) is 13.2. The molecule has 0 radical (unpaired) electrons. The molecule has 0 spiro atoms. The van der Waals surface area contributed by atoms with Crippen LogP contribution in [-0.2, 0) is 0 Å². The number of fused-ring (bicyclic) bond motifs is 2. The molecule has 5 aromatic carbocycles. The van der Waals surface area contributed by atoms with Gasteiger partial charge in [0.25, 0.3) is 0 Å². The third-order valence-electron chi connectivity index (χ3n) is 7.28. The molecule has 0 saturated heterocycles. The molecule has 0 bridgehead atoms. The van der Waals surface area contributed by atoms with Gasteiger partial charge in [-0.25, -0.2) is 0 Å².